The molecule has 4 N–H and O–H groups in total. The first-order valence-electron chi connectivity index (χ1n) is 8.52. The fourth-order valence-corrected chi connectivity index (χ4v) is 2.46. The van der Waals surface area contributed by atoms with Crippen molar-refractivity contribution in [1.29, 1.82) is 0 Å². The molecule has 1 atom stereocenters. The third-order valence-corrected chi connectivity index (χ3v) is 4.00. The molecule has 0 heterocycles. The lowest BCUT2D eigenvalue weighted by molar-refractivity contribution is -0.139. The van der Waals surface area contributed by atoms with Crippen LogP contribution in [-0.4, -0.2) is 47.8 Å². The van der Waals surface area contributed by atoms with Gasteiger partial charge in [-0.2, -0.15) is 0 Å². The molecule has 0 fully saturated rings. The Kier molecular flexibility index (Phi) is 11.8. The number of amides is 2. The molecule has 0 aromatic carbocycles. The first-order valence-corrected chi connectivity index (χ1v) is 8.52. The highest BCUT2D eigenvalue weighted by Crippen LogP contribution is 2.31. The summed E-state index contributed by atoms with van der Waals surface area (Å²) in [5.74, 6) is -0.738. The summed E-state index contributed by atoms with van der Waals surface area (Å²) in [6, 6.07) is 0. The molecule has 0 radical (unpaired) electrons. The lowest BCUT2D eigenvalue weighted by atomic mass is 9.76. The van der Waals surface area contributed by atoms with Crippen molar-refractivity contribution in [2.45, 2.75) is 51.6 Å². The van der Waals surface area contributed by atoms with Crippen molar-refractivity contribution in [1.82, 2.24) is 10.6 Å². The van der Waals surface area contributed by atoms with Crippen LogP contribution in [0, 0.1) is 5.41 Å². The average Bonchev–Trinajstić information content (AvgIpc) is 2.57. The Balaban J connectivity index is 4.35. The molecule has 6 nitrogen and oxygen atoms in total. The maximum atomic E-state index is 12.1. The van der Waals surface area contributed by atoms with E-state index in [1.165, 1.54) is 0 Å². The minimum Gasteiger partial charge on any atom is -0.396 e. The Hall–Kier alpha value is -1.66. The van der Waals surface area contributed by atoms with E-state index >= 15 is 0 Å². The van der Waals surface area contributed by atoms with Gasteiger partial charge in [0.05, 0.1) is 6.61 Å². The largest absolute Gasteiger partial charge is 0.396 e. The molecular weight excluding hydrogens is 308 g/mol. The van der Waals surface area contributed by atoms with Gasteiger partial charge in [-0.15, -0.1) is 13.2 Å². The number of unbranched alkanes of at least 4 members (excludes halogenated alkanes) is 2. The molecular formula is C18H32N2O4. The van der Waals surface area contributed by atoms with Gasteiger partial charge in [0.25, 0.3) is 0 Å². The second kappa shape index (κ2) is 12.7. The van der Waals surface area contributed by atoms with Gasteiger partial charge in [0.2, 0.25) is 11.8 Å². The molecule has 0 bridgehead atoms. The second-order valence-electron chi connectivity index (χ2n) is 6.01. The number of hydrogen-bond acceptors (Lipinski definition) is 4. The standard InChI is InChI=1S/C18H32N2O4/c1-4-7-8-12-19-15(22)9-13-20-17(24)16(23)18(14-21,10-5-2)11-6-3/h5-6,16,21,23H,2-4,7-14H2,1H3,(H,19,22)(H,20,24)/t16-/m0/s1. The van der Waals surface area contributed by atoms with Gasteiger partial charge in [-0.05, 0) is 19.3 Å². The molecule has 138 valence electrons. The van der Waals surface area contributed by atoms with Gasteiger partial charge < -0.3 is 20.8 Å². The molecule has 0 spiro atoms. The third kappa shape index (κ3) is 7.75. The topological polar surface area (TPSA) is 98.7 Å². The van der Waals surface area contributed by atoms with E-state index in [2.05, 4.69) is 30.7 Å². The highest BCUT2D eigenvalue weighted by Gasteiger charge is 2.39. The van der Waals surface area contributed by atoms with Crippen LogP contribution >= 0.6 is 0 Å². The van der Waals surface area contributed by atoms with Crippen LogP contribution in [0.2, 0.25) is 0 Å². The molecule has 0 aromatic rings. The van der Waals surface area contributed by atoms with E-state index in [-0.39, 0.29) is 38.3 Å². The Labute approximate surface area is 145 Å². The zero-order valence-electron chi connectivity index (χ0n) is 14.7. The predicted octanol–water partition coefficient (Wildman–Crippen LogP) is 1.29. The van der Waals surface area contributed by atoms with Crippen molar-refractivity contribution >= 4 is 11.8 Å². The lowest BCUT2D eigenvalue weighted by Crippen LogP contribution is -2.48. The minimum absolute atomic E-state index is 0.133. The van der Waals surface area contributed by atoms with Crippen molar-refractivity contribution in [2.75, 3.05) is 19.7 Å². The van der Waals surface area contributed by atoms with Crippen LogP contribution in [0.1, 0.15) is 45.4 Å². The van der Waals surface area contributed by atoms with E-state index in [1.54, 1.807) is 12.2 Å². The minimum atomic E-state index is -1.40. The van der Waals surface area contributed by atoms with Crippen molar-refractivity contribution in [2.24, 2.45) is 5.41 Å². The van der Waals surface area contributed by atoms with Crippen LogP contribution in [0.3, 0.4) is 0 Å². The number of aliphatic hydroxyl groups is 2. The third-order valence-electron chi connectivity index (χ3n) is 4.00. The molecule has 0 unspecified atom stereocenters. The Morgan fingerprint density at radius 1 is 1.12 bits per heavy atom. The number of hydrogen-bond donors (Lipinski definition) is 4. The van der Waals surface area contributed by atoms with Crippen molar-refractivity contribution in [3.63, 3.8) is 0 Å². The highest BCUT2D eigenvalue weighted by molar-refractivity contribution is 5.82. The van der Waals surface area contributed by atoms with Crippen molar-refractivity contribution < 1.29 is 19.8 Å². The molecule has 0 aliphatic carbocycles. The summed E-state index contributed by atoms with van der Waals surface area (Å²) in [6.07, 6.45) is 5.52. The highest BCUT2D eigenvalue weighted by atomic mass is 16.3. The van der Waals surface area contributed by atoms with Crippen LogP contribution in [0.4, 0.5) is 0 Å². The smallest absolute Gasteiger partial charge is 0.249 e. The van der Waals surface area contributed by atoms with Crippen LogP contribution in [0.25, 0.3) is 0 Å². The normalized spacial score (nSPS) is 12.3. The average molecular weight is 340 g/mol. The zero-order chi connectivity index (χ0) is 18.4. The maximum absolute atomic E-state index is 12.1. The van der Waals surface area contributed by atoms with Gasteiger partial charge in [0, 0.05) is 24.9 Å². The fourth-order valence-electron chi connectivity index (χ4n) is 2.46. The molecule has 0 aliphatic rings. The van der Waals surface area contributed by atoms with Crippen molar-refractivity contribution in [3.8, 4) is 0 Å². The van der Waals surface area contributed by atoms with Gasteiger partial charge in [0.15, 0.2) is 0 Å². The van der Waals surface area contributed by atoms with E-state index in [4.69, 9.17) is 0 Å². The molecule has 0 aliphatic heterocycles. The van der Waals surface area contributed by atoms with Crippen molar-refractivity contribution in [3.05, 3.63) is 25.3 Å². The number of allylic oxidation sites excluding steroid dienone is 2. The summed E-state index contributed by atoms with van der Waals surface area (Å²) >= 11 is 0. The zero-order valence-corrected chi connectivity index (χ0v) is 14.7. The summed E-state index contributed by atoms with van der Waals surface area (Å²) in [7, 11) is 0. The Morgan fingerprint density at radius 3 is 2.25 bits per heavy atom. The summed E-state index contributed by atoms with van der Waals surface area (Å²) in [5.41, 5.74) is -1.03. The first kappa shape index (κ1) is 22.3. The van der Waals surface area contributed by atoms with Gasteiger partial charge in [-0.3, -0.25) is 9.59 Å². The maximum Gasteiger partial charge on any atom is 0.249 e. The molecule has 0 saturated heterocycles. The van der Waals surface area contributed by atoms with Gasteiger partial charge in [-0.1, -0.05) is 31.9 Å². The summed E-state index contributed by atoms with van der Waals surface area (Å²) < 4.78 is 0. The van der Waals surface area contributed by atoms with Gasteiger partial charge >= 0.3 is 0 Å². The number of rotatable bonds is 14. The predicted molar refractivity (Wildman–Crippen MR) is 95.3 cm³/mol. The van der Waals surface area contributed by atoms with E-state index in [9.17, 15) is 19.8 Å². The van der Waals surface area contributed by atoms with E-state index < -0.39 is 17.4 Å². The van der Waals surface area contributed by atoms with Crippen LogP contribution in [0.5, 0.6) is 0 Å². The van der Waals surface area contributed by atoms with E-state index in [0.29, 0.717) is 6.54 Å². The number of aliphatic hydroxyl groups excluding tert-OH is 2. The first-order chi connectivity index (χ1) is 11.5. The summed E-state index contributed by atoms with van der Waals surface area (Å²) in [6.45, 7) is 9.71. The SMILES string of the molecule is C=CCC(CO)(CC=C)[C@@H](O)C(=O)NCCC(=O)NCCCCC. The quantitative estimate of drug-likeness (QED) is 0.283. The van der Waals surface area contributed by atoms with Crippen LogP contribution in [0.15, 0.2) is 25.3 Å². The molecule has 2 amide bonds. The van der Waals surface area contributed by atoms with E-state index in [1.807, 2.05) is 0 Å². The molecule has 6 heteroatoms. The van der Waals surface area contributed by atoms with Crippen LogP contribution in [-0.2, 0) is 9.59 Å². The van der Waals surface area contributed by atoms with Gasteiger partial charge in [0.1, 0.15) is 6.10 Å². The Morgan fingerprint density at radius 2 is 1.75 bits per heavy atom. The lowest BCUT2D eigenvalue weighted by Gasteiger charge is -2.33. The summed E-state index contributed by atoms with van der Waals surface area (Å²) in [5, 5.41) is 25.2. The fraction of sp³-hybridized carbons (Fsp3) is 0.667. The Bertz CT molecular complexity index is 400. The van der Waals surface area contributed by atoms with Crippen LogP contribution < -0.4 is 10.6 Å². The molecule has 0 rings (SSSR count). The number of carbonyl (C=O) groups excluding carboxylic acids is 2. The van der Waals surface area contributed by atoms with E-state index in [0.717, 1.165) is 19.3 Å². The number of nitrogens with one attached hydrogen (secondary N) is 2. The summed E-state index contributed by atoms with van der Waals surface area (Å²) in [4.78, 5) is 23.7. The second-order valence-corrected chi connectivity index (χ2v) is 6.01. The molecule has 0 saturated carbocycles. The molecule has 0 aromatic heterocycles. The van der Waals surface area contributed by atoms with Gasteiger partial charge in [-0.25, -0.2) is 0 Å². The molecule has 24 heavy (non-hydrogen) atoms. The monoisotopic (exact) mass is 340 g/mol. The number of carbonyl (C=O) groups is 2.